The number of nitrogens with one attached hydrogen (secondary N) is 1. The van der Waals surface area contributed by atoms with Gasteiger partial charge in [0.05, 0.1) is 12.8 Å². The van der Waals surface area contributed by atoms with E-state index >= 15 is 0 Å². The molecule has 0 bridgehead atoms. The third-order valence-corrected chi connectivity index (χ3v) is 4.90. The summed E-state index contributed by atoms with van der Waals surface area (Å²) in [5, 5.41) is 10.6. The van der Waals surface area contributed by atoms with Crippen LogP contribution in [0.5, 0.6) is 11.5 Å². The number of phenols is 1. The molecule has 0 atom stereocenters. The number of carbonyl (C=O) groups is 2. The van der Waals surface area contributed by atoms with Gasteiger partial charge in [-0.3, -0.25) is 9.59 Å². The van der Waals surface area contributed by atoms with Gasteiger partial charge in [-0.25, -0.2) is 0 Å². The van der Waals surface area contributed by atoms with Crippen molar-refractivity contribution in [3.63, 3.8) is 0 Å². The van der Waals surface area contributed by atoms with Gasteiger partial charge in [0.15, 0.2) is 11.5 Å². The van der Waals surface area contributed by atoms with Gasteiger partial charge in [0.1, 0.15) is 0 Å². The smallest absolute Gasteiger partial charge is 0.248 e. The van der Waals surface area contributed by atoms with Crippen LogP contribution in [-0.4, -0.2) is 28.9 Å². The SMILES string of the molecule is COc1cc(/C=C2\CCc3c([nH]c4ccc(C(N)=O)cc34)C2=O)ccc1O. The standard InChI is InChI=1S/C21H18N2O4/c1-27-18-9-11(2-7-17(18)24)8-12-3-5-14-15-10-13(21(22)26)4-6-16(15)23-19(14)20(12)25/h2,4,6-10,23-24H,3,5H2,1H3,(H2,22,26)/b12-8+. The van der Waals surface area contributed by atoms with E-state index < -0.39 is 5.91 Å². The Hall–Kier alpha value is -3.54. The van der Waals surface area contributed by atoms with Gasteiger partial charge in [0.25, 0.3) is 0 Å². The van der Waals surface area contributed by atoms with Gasteiger partial charge in [-0.1, -0.05) is 6.07 Å². The molecule has 27 heavy (non-hydrogen) atoms. The van der Waals surface area contributed by atoms with E-state index in [0.717, 1.165) is 22.0 Å². The molecule has 1 amide bonds. The van der Waals surface area contributed by atoms with Gasteiger partial charge in [-0.2, -0.15) is 0 Å². The lowest BCUT2D eigenvalue weighted by molar-refractivity contribution is 0.0997. The van der Waals surface area contributed by atoms with E-state index in [1.54, 1.807) is 30.3 Å². The van der Waals surface area contributed by atoms with Crippen molar-refractivity contribution < 1.29 is 19.4 Å². The number of aromatic nitrogens is 1. The number of carbonyl (C=O) groups excluding carboxylic acids is 2. The molecule has 0 unspecified atom stereocenters. The molecule has 4 N–H and O–H groups in total. The van der Waals surface area contributed by atoms with Crippen LogP contribution in [0.4, 0.5) is 0 Å². The minimum Gasteiger partial charge on any atom is -0.504 e. The number of hydrogen-bond donors (Lipinski definition) is 3. The number of aryl methyl sites for hydroxylation is 1. The maximum absolute atomic E-state index is 13.0. The second-order valence-corrected chi connectivity index (χ2v) is 6.53. The highest BCUT2D eigenvalue weighted by Gasteiger charge is 2.26. The fourth-order valence-corrected chi connectivity index (χ4v) is 3.51. The molecule has 0 fully saturated rings. The number of benzene rings is 2. The van der Waals surface area contributed by atoms with Crippen LogP contribution in [0.15, 0.2) is 42.0 Å². The van der Waals surface area contributed by atoms with Crippen molar-refractivity contribution in [2.24, 2.45) is 5.73 Å². The fourth-order valence-electron chi connectivity index (χ4n) is 3.51. The average Bonchev–Trinajstić information content (AvgIpc) is 3.04. The van der Waals surface area contributed by atoms with Gasteiger partial charge in [-0.15, -0.1) is 0 Å². The van der Waals surface area contributed by atoms with E-state index in [1.165, 1.54) is 13.2 Å². The topological polar surface area (TPSA) is 105 Å². The van der Waals surface area contributed by atoms with Crippen molar-refractivity contribution in [1.29, 1.82) is 0 Å². The van der Waals surface area contributed by atoms with Crippen LogP contribution in [0.3, 0.4) is 0 Å². The van der Waals surface area contributed by atoms with Gasteiger partial charge < -0.3 is 20.6 Å². The van der Waals surface area contributed by atoms with Crippen molar-refractivity contribution >= 4 is 28.7 Å². The lowest BCUT2D eigenvalue weighted by atomic mass is 9.89. The van der Waals surface area contributed by atoms with Gasteiger partial charge in [0, 0.05) is 22.0 Å². The molecular formula is C21H18N2O4. The molecule has 6 heteroatoms. The number of H-pyrrole nitrogens is 1. The molecule has 4 rings (SSSR count). The number of aromatic amines is 1. The number of ether oxygens (including phenoxy) is 1. The minimum absolute atomic E-state index is 0.0535. The lowest BCUT2D eigenvalue weighted by Crippen LogP contribution is -2.13. The van der Waals surface area contributed by atoms with Crippen molar-refractivity contribution in [3.8, 4) is 11.5 Å². The summed E-state index contributed by atoms with van der Waals surface area (Å²) < 4.78 is 5.12. The summed E-state index contributed by atoms with van der Waals surface area (Å²) in [4.78, 5) is 27.6. The Morgan fingerprint density at radius 1 is 1.22 bits per heavy atom. The molecule has 0 saturated heterocycles. The number of fused-ring (bicyclic) bond motifs is 3. The highest BCUT2D eigenvalue weighted by Crippen LogP contribution is 2.34. The van der Waals surface area contributed by atoms with Gasteiger partial charge in [-0.05, 0) is 60.4 Å². The third-order valence-electron chi connectivity index (χ3n) is 4.90. The molecule has 0 spiro atoms. The summed E-state index contributed by atoms with van der Waals surface area (Å²) in [6, 6.07) is 10.1. The summed E-state index contributed by atoms with van der Waals surface area (Å²) in [7, 11) is 1.48. The predicted octanol–water partition coefficient (Wildman–Crippen LogP) is 3.19. The Labute approximate surface area is 155 Å². The molecule has 1 aliphatic carbocycles. The first-order valence-corrected chi connectivity index (χ1v) is 8.54. The summed E-state index contributed by atoms with van der Waals surface area (Å²) in [5.74, 6) is -0.147. The Kier molecular flexibility index (Phi) is 3.96. The van der Waals surface area contributed by atoms with E-state index in [2.05, 4.69) is 4.98 Å². The van der Waals surface area contributed by atoms with Crippen LogP contribution >= 0.6 is 0 Å². The van der Waals surface area contributed by atoms with Crippen LogP contribution < -0.4 is 10.5 Å². The molecule has 6 nitrogen and oxygen atoms in total. The Morgan fingerprint density at radius 2 is 2.04 bits per heavy atom. The number of Topliss-reactive ketones (excluding diaryl/α,β-unsaturated/α-hetero) is 1. The van der Waals surface area contributed by atoms with Crippen LogP contribution in [-0.2, 0) is 6.42 Å². The summed E-state index contributed by atoms with van der Waals surface area (Å²) >= 11 is 0. The normalized spacial score (nSPS) is 15.1. The Balaban J connectivity index is 1.75. The molecule has 0 aliphatic heterocycles. The van der Waals surface area contributed by atoms with Crippen LogP contribution in [0.1, 0.15) is 38.4 Å². The van der Waals surface area contributed by atoms with E-state index in [0.29, 0.717) is 35.4 Å². The van der Waals surface area contributed by atoms with Crippen molar-refractivity contribution in [3.05, 3.63) is 64.4 Å². The molecule has 2 aromatic carbocycles. The maximum atomic E-state index is 13.0. The Morgan fingerprint density at radius 3 is 2.78 bits per heavy atom. The quantitative estimate of drug-likeness (QED) is 0.622. The average molecular weight is 362 g/mol. The number of allylic oxidation sites excluding steroid dienone is 1. The molecule has 3 aromatic rings. The molecule has 1 aliphatic rings. The molecule has 0 saturated carbocycles. The van der Waals surface area contributed by atoms with Gasteiger partial charge >= 0.3 is 0 Å². The third kappa shape index (κ3) is 2.85. The zero-order chi connectivity index (χ0) is 19.1. The monoisotopic (exact) mass is 362 g/mol. The van der Waals surface area contributed by atoms with E-state index in [9.17, 15) is 14.7 Å². The fraction of sp³-hybridized carbons (Fsp3) is 0.143. The number of rotatable bonds is 3. The van der Waals surface area contributed by atoms with Crippen LogP contribution in [0.2, 0.25) is 0 Å². The zero-order valence-electron chi connectivity index (χ0n) is 14.7. The van der Waals surface area contributed by atoms with Crippen molar-refractivity contribution in [1.82, 2.24) is 4.98 Å². The first-order chi connectivity index (χ1) is 13.0. The first-order valence-electron chi connectivity index (χ1n) is 8.54. The molecule has 136 valence electrons. The lowest BCUT2D eigenvalue weighted by Gasteiger charge is -2.14. The number of hydrogen-bond acceptors (Lipinski definition) is 4. The van der Waals surface area contributed by atoms with E-state index in [-0.39, 0.29) is 11.5 Å². The minimum atomic E-state index is -0.490. The Bertz CT molecular complexity index is 1120. The van der Waals surface area contributed by atoms with Crippen molar-refractivity contribution in [2.45, 2.75) is 12.8 Å². The number of phenolic OH excluding ortho intramolecular Hbond substituents is 1. The molecule has 1 heterocycles. The summed E-state index contributed by atoms with van der Waals surface area (Å²) in [6.07, 6.45) is 3.08. The number of amides is 1. The number of methoxy groups -OCH3 is 1. The number of primary amides is 1. The summed E-state index contributed by atoms with van der Waals surface area (Å²) in [5.41, 5.74) is 9.53. The first kappa shape index (κ1) is 16.9. The highest BCUT2D eigenvalue weighted by molar-refractivity contribution is 6.15. The largest absolute Gasteiger partial charge is 0.504 e. The number of nitrogens with two attached hydrogens (primary N) is 1. The molecule has 1 aromatic heterocycles. The summed E-state index contributed by atoms with van der Waals surface area (Å²) in [6.45, 7) is 0. The van der Waals surface area contributed by atoms with Gasteiger partial charge in [0.2, 0.25) is 11.7 Å². The molecule has 0 radical (unpaired) electrons. The van der Waals surface area contributed by atoms with E-state index in [4.69, 9.17) is 10.5 Å². The highest BCUT2D eigenvalue weighted by atomic mass is 16.5. The number of aromatic hydroxyl groups is 1. The van der Waals surface area contributed by atoms with Crippen LogP contribution in [0.25, 0.3) is 17.0 Å². The molecular weight excluding hydrogens is 344 g/mol. The van der Waals surface area contributed by atoms with Crippen molar-refractivity contribution in [2.75, 3.05) is 7.11 Å². The maximum Gasteiger partial charge on any atom is 0.248 e. The second kappa shape index (κ2) is 6.32. The zero-order valence-corrected chi connectivity index (χ0v) is 14.7. The second-order valence-electron chi connectivity index (χ2n) is 6.53. The predicted molar refractivity (Wildman–Crippen MR) is 102 cm³/mol. The van der Waals surface area contributed by atoms with E-state index in [1.807, 2.05) is 6.08 Å². The van der Waals surface area contributed by atoms with Crippen LogP contribution in [0, 0.1) is 0 Å². The number of ketones is 1.